The van der Waals surface area contributed by atoms with Gasteiger partial charge in [-0.2, -0.15) is 0 Å². The highest BCUT2D eigenvalue weighted by Crippen LogP contribution is 2.06. The molecule has 1 heterocycles. The number of aromatic nitrogens is 1. The number of pyridine rings is 1. The predicted molar refractivity (Wildman–Crippen MR) is 54.0 cm³/mol. The third-order valence-electron chi connectivity index (χ3n) is 1.53. The molecule has 0 amide bonds. The van der Waals surface area contributed by atoms with Crippen LogP contribution in [0.15, 0.2) is 23.1 Å². The molecule has 0 aromatic carbocycles. The first-order valence-corrected chi connectivity index (χ1v) is 4.41. The van der Waals surface area contributed by atoms with E-state index in [1.54, 1.807) is 12.3 Å². The Morgan fingerprint density at radius 1 is 1.54 bits per heavy atom. The molecular weight excluding hydrogens is 188 g/mol. The molecule has 0 spiro atoms. The van der Waals surface area contributed by atoms with Gasteiger partial charge in [0.2, 0.25) is 0 Å². The van der Waals surface area contributed by atoms with Gasteiger partial charge in [0.05, 0.1) is 5.02 Å². The molecular formula is C9H13ClN2O. The van der Waals surface area contributed by atoms with Crippen LogP contribution in [0.1, 0.15) is 13.8 Å². The van der Waals surface area contributed by atoms with Crippen molar-refractivity contribution in [2.45, 2.75) is 25.9 Å². The fourth-order valence-corrected chi connectivity index (χ4v) is 1.25. The second-order valence-electron chi connectivity index (χ2n) is 3.80. The molecule has 0 aliphatic carbocycles. The Morgan fingerprint density at radius 2 is 2.15 bits per heavy atom. The molecule has 0 radical (unpaired) electrons. The fourth-order valence-electron chi connectivity index (χ4n) is 1.06. The average Bonchev–Trinajstić information content (AvgIpc) is 1.94. The highest BCUT2D eigenvalue weighted by Gasteiger charge is 2.12. The molecule has 0 atom stereocenters. The summed E-state index contributed by atoms with van der Waals surface area (Å²) in [6.45, 7) is 4.19. The van der Waals surface area contributed by atoms with Crippen molar-refractivity contribution < 1.29 is 0 Å². The van der Waals surface area contributed by atoms with E-state index in [-0.39, 0.29) is 5.56 Å². The van der Waals surface area contributed by atoms with Gasteiger partial charge in [-0.05, 0) is 19.9 Å². The highest BCUT2D eigenvalue weighted by molar-refractivity contribution is 6.30. The van der Waals surface area contributed by atoms with Crippen molar-refractivity contribution >= 4 is 11.6 Å². The zero-order valence-corrected chi connectivity index (χ0v) is 8.51. The van der Waals surface area contributed by atoms with Crippen molar-refractivity contribution in [1.29, 1.82) is 0 Å². The van der Waals surface area contributed by atoms with E-state index >= 15 is 0 Å². The lowest BCUT2D eigenvalue weighted by atomic mass is 10.1. The first-order chi connectivity index (χ1) is 5.88. The summed E-state index contributed by atoms with van der Waals surface area (Å²) in [4.78, 5) is 11.3. The molecule has 3 nitrogen and oxygen atoms in total. The second kappa shape index (κ2) is 3.52. The standard InChI is InChI=1S/C9H13ClN2O/c1-9(2,11)6-12-5-7(10)3-4-8(12)13/h3-5H,6,11H2,1-2H3. The van der Waals surface area contributed by atoms with E-state index in [2.05, 4.69) is 0 Å². The van der Waals surface area contributed by atoms with E-state index in [1.807, 2.05) is 13.8 Å². The van der Waals surface area contributed by atoms with Gasteiger partial charge in [-0.3, -0.25) is 4.79 Å². The summed E-state index contributed by atoms with van der Waals surface area (Å²) in [5, 5.41) is 0.545. The van der Waals surface area contributed by atoms with Crippen molar-refractivity contribution in [2.75, 3.05) is 0 Å². The lowest BCUT2D eigenvalue weighted by Crippen LogP contribution is -2.40. The van der Waals surface area contributed by atoms with Crippen LogP contribution in [0.25, 0.3) is 0 Å². The van der Waals surface area contributed by atoms with Gasteiger partial charge in [0.15, 0.2) is 0 Å². The number of nitrogens with zero attached hydrogens (tertiary/aromatic N) is 1. The first kappa shape index (κ1) is 10.3. The van der Waals surface area contributed by atoms with Crippen molar-refractivity contribution in [3.8, 4) is 0 Å². The zero-order chi connectivity index (χ0) is 10.1. The zero-order valence-electron chi connectivity index (χ0n) is 7.75. The van der Waals surface area contributed by atoms with E-state index in [9.17, 15) is 4.79 Å². The van der Waals surface area contributed by atoms with Gasteiger partial charge in [-0.25, -0.2) is 0 Å². The number of halogens is 1. The topological polar surface area (TPSA) is 48.0 Å². The summed E-state index contributed by atoms with van der Waals surface area (Å²) >= 11 is 5.75. The van der Waals surface area contributed by atoms with Crippen LogP contribution >= 0.6 is 11.6 Å². The molecule has 0 saturated carbocycles. The molecule has 1 aromatic heterocycles. The maximum Gasteiger partial charge on any atom is 0.250 e. The van der Waals surface area contributed by atoms with Gasteiger partial charge in [0.25, 0.3) is 5.56 Å². The number of hydrogen-bond acceptors (Lipinski definition) is 2. The van der Waals surface area contributed by atoms with E-state index in [0.717, 1.165) is 0 Å². The Morgan fingerprint density at radius 3 is 2.69 bits per heavy atom. The van der Waals surface area contributed by atoms with Gasteiger partial charge in [0.1, 0.15) is 0 Å². The Labute approximate surface area is 82.1 Å². The monoisotopic (exact) mass is 200 g/mol. The van der Waals surface area contributed by atoms with Crippen molar-refractivity contribution in [1.82, 2.24) is 4.57 Å². The average molecular weight is 201 g/mol. The van der Waals surface area contributed by atoms with Crippen LogP contribution in [0.4, 0.5) is 0 Å². The summed E-state index contributed by atoms with van der Waals surface area (Å²) in [7, 11) is 0. The molecule has 2 N–H and O–H groups in total. The predicted octanol–water partition coefficient (Wildman–Crippen LogP) is 1.24. The minimum Gasteiger partial charge on any atom is -0.324 e. The maximum atomic E-state index is 11.3. The smallest absolute Gasteiger partial charge is 0.250 e. The number of hydrogen-bond donors (Lipinski definition) is 1. The van der Waals surface area contributed by atoms with Gasteiger partial charge < -0.3 is 10.3 Å². The van der Waals surface area contributed by atoms with Gasteiger partial charge >= 0.3 is 0 Å². The molecule has 0 saturated heterocycles. The van der Waals surface area contributed by atoms with E-state index in [1.165, 1.54) is 10.6 Å². The maximum absolute atomic E-state index is 11.3. The quantitative estimate of drug-likeness (QED) is 0.781. The summed E-state index contributed by atoms with van der Waals surface area (Å²) in [5.74, 6) is 0. The summed E-state index contributed by atoms with van der Waals surface area (Å²) in [5.41, 5.74) is 5.29. The Hall–Kier alpha value is -0.800. The SMILES string of the molecule is CC(C)(N)Cn1cc(Cl)ccc1=O. The van der Waals surface area contributed by atoms with E-state index in [0.29, 0.717) is 11.6 Å². The molecule has 1 rings (SSSR count). The van der Waals surface area contributed by atoms with Crippen LogP contribution in [-0.4, -0.2) is 10.1 Å². The minimum absolute atomic E-state index is 0.0806. The summed E-state index contributed by atoms with van der Waals surface area (Å²) in [6, 6.07) is 3.01. The molecule has 0 fully saturated rings. The minimum atomic E-state index is -0.408. The first-order valence-electron chi connectivity index (χ1n) is 4.03. The lowest BCUT2D eigenvalue weighted by molar-refractivity contribution is 0.426. The molecule has 4 heteroatoms. The molecule has 0 unspecified atom stereocenters. The summed E-state index contributed by atoms with van der Waals surface area (Å²) < 4.78 is 1.52. The largest absolute Gasteiger partial charge is 0.324 e. The Balaban J connectivity index is 3.01. The van der Waals surface area contributed by atoms with Crippen LogP contribution < -0.4 is 11.3 Å². The van der Waals surface area contributed by atoms with Crippen molar-refractivity contribution in [2.24, 2.45) is 5.73 Å². The highest BCUT2D eigenvalue weighted by atomic mass is 35.5. The molecule has 0 aliphatic heterocycles. The van der Waals surface area contributed by atoms with E-state index < -0.39 is 5.54 Å². The summed E-state index contributed by atoms with van der Waals surface area (Å²) in [6.07, 6.45) is 1.60. The lowest BCUT2D eigenvalue weighted by Gasteiger charge is -2.19. The Bertz CT molecular complexity index is 351. The molecule has 0 aliphatic rings. The molecule has 1 aromatic rings. The second-order valence-corrected chi connectivity index (χ2v) is 4.24. The fraction of sp³-hybridized carbons (Fsp3) is 0.444. The van der Waals surface area contributed by atoms with Crippen LogP contribution in [0.5, 0.6) is 0 Å². The molecule has 72 valence electrons. The van der Waals surface area contributed by atoms with Crippen LogP contribution in [0, 0.1) is 0 Å². The third kappa shape index (κ3) is 3.20. The Kier molecular flexibility index (Phi) is 2.78. The third-order valence-corrected chi connectivity index (χ3v) is 1.75. The van der Waals surface area contributed by atoms with Crippen LogP contribution in [0.3, 0.4) is 0 Å². The van der Waals surface area contributed by atoms with Crippen LogP contribution in [0.2, 0.25) is 5.02 Å². The van der Waals surface area contributed by atoms with Gasteiger partial charge in [-0.1, -0.05) is 11.6 Å². The number of rotatable bonds is 2. The normalized spacial score (nSPS) is 11.7. The van der Waals surface area contributed by atoms with Crippen molar-refractivity contribution in [3.05, 3.63) is 33.7 Å². The molecule has 0 bridgehead atoms. The van der Waals surface area contributed by atoms with E-state index in [4.69, 9.17) is 17.3 Å². The molecule has 13 heavy (non-hydrogen) atoms. The van der Waals surface area contributed by atoms with Crippen LogP contribution in [-0.2, 0) is 6.54 Å². The van der Waals surface area contributed by atoms with Gasteiger partial charge in [-0.15, -0.1) is 0 Å². The van der Waals surface area contributed by atoms with Crippen molar-refractivity contribution in [3.63, 3.8) is 0 Å². The van der Waals surface area contributed by atoms with Gasteiger partial charge in [0, 0.05) is 24.3 Å². The number of nitrogens with two attached hydrogens (primary N) is 1.